The van der Waals surface area contributed by atoms with E-state index in [9.17, 15) is 4.79 Å². The number of benzene rings is 1. The number of halogens is 1. The van der Waals surface area contributed by atoms with E-state index < -0.39 is 0 Å². The quantitative estimate of drug-likeness (QED) is 0.457. The molecule has 0 spiro atoms. The minimum Gasteiger partial charge on any atom is -0.432 e. The summed E-state index contributed by atoms with van der Waals surface area (Å²) in [5.41, 5.74) is 0. The van der Waals surface area contributed by atoms with Crippen LogP contribution in [0.5, 0.6) is 0 Å². The second-order valence-electron chi connectivity index (χ2n) is 2.68. The maximum atomic E-state index is 10.8. The second-order valence-corrected chi connectivity index (χ2v) is 4.43. The summed E-state index contributed by atoms with van der Waals surface area (Å²) in [6, 6.07) is 9.64. The van der Waals surface area contributed by atoms with Gasteiger partial charge in [-0.05, 0) is 12.1 Å². The van der Waals surface area contributed by atoms with Crippen LogP contribution in [-0.2, 0) is 9.53 Å². The van der Waals surface area contributed by atoms with Crippen molar-refractivity contribution in [2.45, 2.75) is 18.2 Å². The lowest BCUT2D eigenvalue weighted by Crippen LogP contribution is -1.95. The van der Waals surface area contributed by atoms with Gasteiger partial charge in [0.15, 0.2) is 0 Å². The molecule has 2 nitrogen and oxygen atoms in total. The Hall–Kier alpha value is -0.930. The molecule has 1 rings (SSSR count). The van der Waals surface area contributed by atoms with Crippen molar-refractivity contribution in [1.82, 2.24) is 0 Å². The molecule has 0 amide bonds. The number of thioether (sulfide) groups is 1. The van der Waals surface area contributed by atoms with Crippen molar-refractivity contribution < 1.29 is 9.53 Å². The SMILES string of the molecule is CCC(=O)O/C=C(\Cl)Sc1ccccc1. The average Bonchev–Trinajstić information content (AvgIpc) is 2.27. The molecule has 0 unspecified atom stereocenters. The minimum absolute atomic E-state index is 0.290. The predicted octanol–water partition coefficient (Wildman–Crippen LogP) is 3.77. The first-order valence-corrected chi connectivity index (χ1v) is 5.70. The first-order chi connectivity index (χ1) is 7.22. The van der Waals surface area contributed by atoms with Crippen molar-refractivity contribution in [2.24, 2.45) is 0 Å². The van der Waals surface area contributed by atoms with Crippen molar-refractivity contribution in [2.75, 3.05) is 0 Å². The largest absolute Gasteiger partial charge is 0.432 e. The zero-order chi connectivity index (χ0) is 11.1. The molecule has 0 aromatic heterocycles. The predicted molar refractivity (Wildman–Crippen MR) is 62.6 cm³/mol. The molecule has 0 saturated carbocycles. The van der Waals surface area contributed by atoms with Crippen LogP contribution in [0, 0.1) is 0 Å². The molecule has 0 bridgehead atoms. The average molecular weight is 243 g/mol. The highest BCUT2D eigenvalue weighted by Gasteiger charge is 1.99. The van der Waals surface area contributed by atoms with Gasteiger partial charge in [0.1, 0.15) is 10.6 Å². The van der Waals surface area contributed by atoms with Crippen LogP contribution in [0.1, 0.15) is 13.3 Å². The first-order valence-electron chi connectivity index (χ1n) is 4.50. The lowest BCUT2D eigenvalue weighted by atomic mass is 10.4. The van der Waals surface area contributed by atoms with Gasteiger partial charge in [-0.2, -0.15) is 0 Å². The fourth-order valence-corrected chi connectivity index (χ4v) is 1.75. The Kier molecular flexibility index (Phi) is 5.29. The maximum absolute atomic E-state index is 10.8. The lowest BCUT2D eigenvalue weighted by Gasteiger charge is -1.99. The molecule has 4 heteroatoms. The molecular weight excluding hydrogens is 232 g/mol. The summed E-state index contributed by atoms with van der Waals surface area (Å²) in [7, 11) is 0. The summed E-state index contributed by atoms with van der Waals surface area (Å²) in [5, 5.41) is 0. The summed E-state index contributed by atoms with van der Waals surface area (Å²) in [5.74, 6) is -0.290. The van der Waals surface area contributed by atoms with E-state index in [0.717, 1.165) is 4.90 Å². The topological polar surface area (TPSA) is 26.3 Å². The monoisotopic (exact) mass is 242 g/mol. The molecule has 0 radical (unpaired) electrons. The molecule has 80 valence electrons. The number of esters is 1. The first kappa shape index (κ1) is 12.1. The molecular formula is C11H11ClO2S. The fourth-order valence-electron chi connectivity index (χ4n) is 0.821. The summed E-state index contributed by atoms with van der Waals surface area (Å²) in [6.07, 6.45) is 1.61. The number of carbonyl (C=O) groups excluding carboxylic acids is 1. The molecule has 1 aromatic carbocycles. The van der Waals surface area contributed by atoms with E-state index in [1.807, 2.05) is 30.3 Å². The van der Waals surface area contributed by atoms with E-state index >= 15 is 0 Å². The Bertz CT molecular complexity index is 349. The third-order valence-electron chi connectivity index (χ3n) is 1.53. The third-order valence-corrected chi connectivity index (χ3v) is 2.65. The lowest BCUT2D eigenvalue weighted by molar-refractivity contribution is -0.137. The Labute approximate surface area is 98.3 Å². The highest BCUT2D eigenvalue weighted by atomic mass is 35.5. The van der Waals surface area contributed by atoms with E-state index in [-0.39, 0.29) is 5.97 Å². The van der Waals surface area contributed by atoms with Crippen LogP contribution in [0.25, 0.3) is 0 Å². The summed E-state index contributed by atoms with van der Waals surface area (Å²) >= 11 is 7.21. The molecule has 0 aliphatic rings. The second kappa shape index (κ2) is 6.53. The van der Waals surface area contributed by atoms with Gasteiger partial charge < -0.3 is 4.74 Å². The fraction of sp³-hybridized carbons (Fsp3) is 0.182. The van der Waals surface area contributed by atoms with Crippen LogP contribution in [0.3, 0.4) is 0 Å². The van der Waals surface area contributed by atoms with Crippen LogP contribution < -0.4 is 0 Å². The Balaban J connectivity index is 2.48. The minimum atomic E-state index is -0.290. The van der Waals surface area contributed by atoms with Crippen molar-refractivity contribution in [3.05, 3.63) is 41.0 Å². The number of hydrogen-bond donors (Lipinski definition) is 0. The highest BCUT2D eigenvalue weighted by molar-refractivity contribution is 8.04. The Morgan fingerprint density at radius 2 is 2.13 bits per heavy atom. The Morgan fingerprint density at radius 3 is 2.73 bits per heavy atom. The number of carbonyl (C=O) groups is 1. The van der Waals surface area contributed by atoms with Crippen LogP contribution in [0.2, 0.25) is 0 Å². The molecule has 0 aliphatic carbocycles. The number of hydrogen-bond acceptors (Lipinski definition) is 3. The third kappa shape index (κ3) is 4.91. The molecule has 0 N–H and O–H groups in total. The molecule has 15 heavy (non-hydrogen) atoms. The van der Waals surface area contributed by atoms with Crippen LogP contribution in [0.4, 0.5) is 0 Å². The summed E-state index contributed by atoms with van der Waals surface area (Å²) in [4.78, 5) is 11.8. The van der Waals surface area contributed by atoms with Gasteiger partial charge in [-0.3, -0.25) is 4.79 Å². The van der Waals surface area contributed by atoms with Crippen molar-refractivity contribution >= 4 is 29.3 Å². The highest BCUT2D eigenvalue weighted by Crippen LogP contribution is 2.28. The van der Waals surface area contributed by atoms with E-state index in [1.165, 1.54) is 18.0 Å². The van der Waals surface area contributed by atoms with E-state index in [1.54, 1.807) is 6.92 Å². The van der Waals surface area contributed by atoms with E-state index in [4.69, 9.17) is 16.3 Å². The Morgan fingerprint density at radius 1 is 1.47 bits per heavy atom. The van der Waals surface area contributed by atoms with Gasteiger partial charge in [0.05, 0.1) is 0 Å². The van der Waals surface area contributed by atoms with Gasteiger partial charge >= 0.3 is 5.97 Å². The van der Waals surface area contributed by atoms with Gasteiger partial charge in [-0.15, -0.1) is 0 Å². The molecule has 0 fully saturated rings. The van der Waals surface area contributed by atoms with Gasteiger partial charge in [0, 0.05) is 11.3 Å². The van der Waals surface area contributed by atoms with Crippen molar-refractivity contribution in [3.8, 4) is 0 Å². The molecule has 0 heterocycles. The van der Waals surface area contributed by atoms with E-state index in [2.05, 4.69) is 0 Å². The zero-order valence-electron chi connectivity index (χ0n) is 8.27. The number of ether oxygens (including phenoxy) is 1. The molecule has 0 atom stereocenters. The van der Waals surface area contributed by atoms with Gasteiger partial charge in [0.2, 0.25) is 0 Å². The normalized spacial score (nSPS) is 11.2. The van der Waals surface area contributed by atoms with Crippen molar-refractivity contribution in [3.63, 3.8) is 0 Å². The molecule has 0 saturated heterocycles. The van der Waals surface area contributed by atoms with Crippen LogP contribution >= 0.6 is 23.4 Å². The summed E-state index contributed by atoms with van der Waals surface area (Å²) in [6.45, 7) is 1.73. The van der Waals surface area contributed by atoms with Crippen LogP contribution in [0.15, 0.2) is 45.9 Å². The summed E-state index contributed by atoms with van der Waals surface area (Å²) < 4.78 is 5.20. The zero-order valence-corrected chi connectivity index (χ0v) is 9.85. The van der Waals surface area contributed by atoms with Crippen molar-refractivity contribution in [1.29, 1.82) is 0 Å². The standard InChI is InChI=1S/C11H11ClO2S/c1-2-11(13)14-8-10(12)15-9-6-4-3-5-7-9/h3-8H,2H2,1H3/b10-8+. The maximum Gasteiger partial charge on any atom is 0.310 e. The van der Waals surface area contributed by atoms with Gasteiger partial charge in [-0.1, -0.05) is 48.5 Å². The smallest absolute Gasteiger partial charge is 0.310 e. The molecule has 1 aromatic rings. The van der Waals surface area contributed by atoms with Crippen LogP contribution in [-0.4, -0.2) is 5.97 Å². The van der Waals surface area contributed by atoms with E-state index in [0.29, 0.717) is 10.8 Å². The van der Waals surface area contributed by atoms with Gasteiger partial charge in [-0.25, -0.2) is 0 Å². The number of rotatable bonds is 4. The van der Waals surface area contributed by atoms with Gasteiger partial charge in [0.25, 0.3) is 0 Å². The molecule has 0 aliphatic heterocycles.